The highest BCUT2D eigenvalue weighted by Crippen LogP contribution is 2.27. The molecule has 0 aliphatic heterocycles. The van der Waals surface area contributed by atoms with Crippen molar-refractivity contribution in [2.24, 2.45) is 0 Å². The van der Waals surface area contributed by atoms with E-state index < -0.39 is 46.6 Å². The third-order valence-corrected chi connectivity index (χ3v) is 2.13. The molecule has 0 fully saturated rings. The Hall–Kier alpha value is -1.64. The normalized spacial score (nSPS) is 14.4. The molecule has 17 heavy (non-hydrogen) atoms. The summed E-state index contributed by atoms with van der Waals surface area (Å²) in [5, 5.41) is 37.4. The second-order valence-corrected chi connectivity index (χ2v) is 3.28. The molecule has 3 N–H and O–H groups in total. The molecule has 1 aromatic carbocycles. The van der Waals surface area contributed by atoms with Gasteiger partial charge in [0.2, 0.25) is 5.82 Å². The van der Waals surface area contributed by atoms with Crippen molar-refractivity contribution >= 4 is 5.69 Å². The first-order valence-corrected chi connectivity index (χ1v) is 4.48. The maximum absolute atomic E-state index is 13.2. The third kappa shape index (κ3) is 2.73. The van der Waals surface area contributed by atoms with Crippen LogP contribution in [0.1, 0.15) is 11.7 Å². The summed E-state index contributed by atoms with van der Waals surface area (Å²) < 4.78 is 26.2. The Morgan fingerprint density at radius 1 is 1.29 bits per heavy atom. The summed E-state index contributed by atoms with van der Waals surface area (Å²) >= 11 is 0. The van der Waals surface area contributed by atoms with Crippen LogP contribution in [0.2, 0.25) is 0 Å². The highest BCUT2D eigenvalue weighted by Gasteiger charge is 2.26. The van der Waals surface area contributed by atoms with E-state index in [9.17, 15) is 24.0 Å². The highest BCUT2D eigenvalue weighted by atomic mass is 19.1. The zero-order valence-electron chi connectivity index (χ0n) is 8.38. The van der Waals surface area contributed by atoms with Crippen molar-refractivity contribution in [3.63, 3.8) is 0 Å². The molecule has 94 valence electrons. The van der Waals surface area contributed by atoms with Crippen LogP contribution in [0.5, 0.6) is 0 Å². The van der Waals surface area contributed by atoms with Gasteiger partial charge in [-0.3, -0.25) is 10.1 Å². The molecule has 0 radical (unpaired) electrons. The standard InChI is InChI=1S/C9H9F2NO5/c10-5-2-6(11)7(12(16)17)1-4(5)9(15)8(14)3-13/h1-2,8-9,13-15H,3H2. The Bertz CT molecular complexity index is 440. The van der Waals surface area contributed by atoms with Crippen molar-refractivity contribution in [2.45, 2.75) is 12.2 Å². The van der Waals surface area contributed by atoms with Crippen molar-refractivity contribution in [3.05, 3.63) is 39.4 Å². The van der Waals surface area contributed by atoms with Crippen molar-refractivity contribution in [3.8, 4) is 0 Å². The molecular weight excluding hydrogens is 240 g/mol. The lowest BCUT2D eigenvalue weighted by Crippen LogP contribution is -2.23. The lowest BCUT2D eigenvalue weighted by molar-refractivity contribution is -0.387. The minimum absolute atomic E-state index is 0.237. The third-order valence-electron chi connectivity index (χ3n) is 2.13. The van der Waals surface area contributed by atoms with Crippen molar-refractivity contribution < 1.29 is 29.0 Å². The number of hydrogen-bond acceptors (Lipinski definition) is 5. The van der Waals surface area contributed by atoms with E-state index in [0.29, 0.717) is 6.07 Å². The number of rotatable bonds is 4. The van der Waals surface area contributed by atoms with Crippen LogP contribution in [0.25, 0.3) is 0 Å². The monoisotopic (exact) mass is 249 g/mol. The fraction of sp³-hybridized carbons (Fsp3) is 0.333. The smallest absolute Gasteiger partial charge is 0.305 e. The maximum Gasteiger partial charge on any atom is 0.305 e. The second kappa shape index (κ2) is 5.13. The summed E-state index contributed by atoms with van der Waals surface area (Å²) in [5.74, 6) is -2.63. The lowest BCUT2D eigenvalue weighted by atomic mass is 10.0. The summed E-state index contributed by atoms with van der Waals surface area (Å²) in [7, 11) is 0. The Labute approximate surface area is 93.9 Å². The van der Waals surface area contributed by atoms with Gasteiger partial charge in [-0.1, -0.05) is 0 Å². The highest BCUT2D eigenvalue weighted by molar-refractivity contribution is 5.38. The first-order chi connectivity index (χ1) is 7.88. The SMILES string of the molecule is O=[N+]([O-])c1cc(C(O)C(O)CO)c(F)cc1F. The topological polar surface area (TPSA) is 104 Å². The van der Waals surface area contributed by atoms with E-state index >= 15 is 0 Å². The van der Waals surface area contributed by atoms with Gasteiger partial charge >= 0.3 is 5.69 Å². The lowest BCUT2D eigenvalue weighted by Gasteiger charge is -2.16. The molecule has 2 unspecified atom stereocenters. The van der Waals surface area contributed by atoms with E-state index in [-0.39, 0.29) is 6.07 Å². The molecular formula is C9H9F2NO5. The average Bonchev–Trinajstić information content (AvgIpc) is 2.26. The Morgan fingerprint density at radius 3 is 2.35 bits per heavy atom. The largest absolute Gasteiger partial charge is 0.394 e. The van der Waals surface area contributed by atoms with Crippen LogP contribution < -0.4 is 0 Å². The van der Waals surface area contributed by atoms with E-state index in [1.165, 1.54) is 0 Å². The molecule has 1 aromatic rings. The van der Waals surface area contributed by atoms with Crippen LogP contribution in [-0.4, -0.2) is 33.0 Å². The molecule has 2 atom stereocenters. The molecule has 0 saturated heterocycles. The number of benzene rings is 1. The summed E-state index contributed by atoms with van der Waals surface area (Å²) in [5.41, 5.74) is -1.68. The van der Waals surface area contributed by atoms with Crippen LogP contribution in [0.3, 0.4) is 0 Å². The van der Waals surface area contributed by atoms with E-state index in [0.717, 1.165) is 0 Å². The molecule has 0 amide bonds. The van der Waals surface area contributed by atoms with Gasteiger partial charge in [0, 0.05) is 17.7 Å². The molecule has 8 heteroatoms. The van der Waals surface area contributed by atoms with Gasteiger partial charge in [0.25, 0.3) is 0 Å². The van der Waals surface area contributed by atoms with Gasteiger partial charge in [-0.25, -0.2) is 4.39 Å². The van der Waals surface area contributed by atoms with Crippen molar-refractivity contribution in [2.75, 3.05) is 6.61 Å². The second-order valence-electron chi connectivity index (χ2n) is 3.28. The van der Waals surface area contributed by atoms with E-state index in [4.69, 9.17) is 10.2 Å². The molecule has 0 aliphatic carbocycles. The van der Waals surface area contributed by atoms with Crippen molar-refractivity contribution in [1.82, 2.24) is 0 Å². The number of aliphatic hydroxyl groups is 3. The molecule has 0 spiro atoms. The van der Waals surface area contributed by atoms with Gasteiger partial charge in [-0.15, -0.1) is 0 Å². The summed E-state index contributed by atoms with van der Waals surface area (Å²) in [6, 6.07) is 0.717. The van der Waals surface area contributed by atoms with Gasteiger partial charge in [-0.05, 0) is 0 Å². The fourth-order valence-corrected chi connectivity index (χ4v) is 1.23. The molecule has 0 heterocycles. The molecule has 1 rings (SSSR count). The molecule has 0 aromatic heterocycles. The van der Waals surface area contributed by atoms with E-state index in [1.54, 1.807) is 0 Å². The number of halogens is 2. The number of aliphatic hydroxyl groups excluding tert-OH is 3. The first-order valence-electron chi connectivity index (χ1n) is 4.48. The van der Waals surface area contributed by atoms with Gasteiger partial charge in [0.05, 0.1) is 11.5 Å². The van der Waals surface area contributed by atoms with E-state index in [2.05, 4.69) is 0 Å². The van der Waals surface area contributed by atoms with Crippen LogP contribution in [0.15, 0.2) is 12.1 Å². The molecule has 0 aliphatic rings. The Kier molecular flexibility index (Phi) is 4.05. The van der Waals surface area contributed by atoms with Gasteiger partial charge < -0.3 is 15.3 Å². The van der Waals surface area contributed by atoms with Gasteiger partial charge in [0.15, 0.2) is 0 Å². The van der Waals surface area contributed by atoms with E-state index in [1.807, 2.05) is 0 Å². The van der Waals surface area contributed by atoms with Crippen LogP contribution in [0.4, 0.5) is 14.5 Å². The summed E-state index contributed by atoms with van der Waals surface area (Å²) in [6.07, 6.45) is -3.59. The zero-order chi connectivity index (χ0) is 13.2. The van der Waals surface area contributed by atoms with Crippen molar-refractivity contribution in [1.29, 1.82) is 0 Å². The number of nitrogens with zero attached hydrogens (tertiary/aromatic N) is 1. The Morgan fingerprint density at radius 2 is 1.88 bits per heavy atom. The number of nitro groups is 1. The maximum atomic E-state index is 13.2. The summed E-state index contributed by atoms with van der Waals surface area (Å²) in [6.45, 7) is -0.869. The molecule has 0 saturated carbocycles. The zero-order valence-corrected chi connectivity index (χ0v) is 8.38. The minimum atomic E-state index is -1.88. The predicted molar refractivity (Wildman–Crippen MR) is 51.1 cm³/mol. The predicted octanol–water partition coefficient (Wildman–Crippen LogP) is 0.260. The van der Waals surface area contributed by atoms with Crippen LogP contribution in [-0.2, 0) is 0 Å². The van der Waals surface area contributed by atoms with Gasteiger partial charge in [-0.2, -0.15) is 4.39 Å². The quantitative estimate of drug-likeness (QED) is 0.524. The fourth-order valence-electron chi connectivity index (χ4n) is 1.23. The molecule has 0 bridgehead atoms. The van der Waals surface area contributed by atoms with Crippen LogP contribution in [0, 0.1) is 21.7 Å². The first kappa shape index (κ1) is 13.4. The average molecular weight is 249 g/mol. The number of nitro benzene ring substituents is 1. The minimum Gasteiger partial charge on any atom is -0.394 e. The summed E-state index contributed by atoms with van der Waals surface area (Å²) in [4.78, 5) is 9.31. The Balaban J connectivity index is 3.24. The van der Waals surface area contributed by atoms with Gasteiger partial charge in [0.1, 0.15) is 18.0 Å². The van der Waals surface area contributed by atoms with Crippen LogP contribution >= 0.6 is 0 Å². The number of hydrogen-bond donors (Lipinski definition) is 3. The molecule has 6 nitrogen and oxygen atoms in total.